The van der Waals surface area contributed by atoms with Gasteiger partial charge in [0.2, 0.25) is 0 Å². The number of nitrogens with one attached hydrogen (secondary N) is 1. The molecule has 23 heavy (non-hydrogen) atoms. The van der Waals surface area contributed by atoms with Crippen molar-refractivity contribution in [3.8, 4) is 0 Å². The van der Waals surface area contributed by atoms with Gasteiger partial charge in [0.05, 0.1) is 6.33 Å². The molecule has 1 aromatic carbocycles. The lowest BCUT2D eigenvalue weighted by Crippen LogP contribution is -2.40. The van der Waals surface area contributed by atoms with Crippen molar-refractivity contribution in [2.24, 2.45) is 5.92 Å². The van der Waals surface area contributed by atoms with Crippen LogP contribution in [-0.2, 0) is 6.42 Å². The number of imidazole rings is 1. The molecule has 122 valence electrons. The first-order valence-corrected chi connectivity index (χ1v) is 8.17. The van der Waals surface area contributed by atoms with Gasteiger partial charge in [0.1, 0.15) is 11.5 Å². The smallest absolute Gasteiger partial charge is 0.274 e. The number of carbonyl (C=O) groups excluding carboxylic acids is 1. The van der Waals surface area contributed by atoms with Crippen LogP contribution in [0.3, 0.4) is 0 Å². The Morgan fingerprint density at radius 3 is 2.87 bits per heavy atom. The molecular formula is C18H22FN3O. The lowest BCUT2D eigenvalue weighted by atomic mass is 9.91. The molecule has 0 radical (unpaired) electrons. The number of piperidine rings is 1. The molecule has 0 saturated carbocycles. The van der Waals surface area contributed by atoms with Crippen LogP contribution in [0.2, 0.25) is 0 Å². The van der Waals surface area contributed by atoms with Crippen molar-refractivity contribution in [1.82, 2.24) is 14.9 Å². The number of aromatic amines is 1. The number of benzene rings is 1. The molecule has 1 aromatic heterocycles. The average molecular weight is 315 g/mol. The molecule has 5 heteroatoms. The molecule has 1 aliphatic rings. The number of halogens is 1. The Hall–Kier alpha value is -2.17. The molecule has 0 spiro atoms. The van der Waals surface area contributed by atoms with Gasteiger partial charge in [0.15, 0.2) is 0 Å². The van der Waals surface area contributed by atoms with Crippen LogP contribution >= 0.6 is 0 Å². The fourth-order valence-corrected chi connectivity index (χ4v) is 3.23. The summed E-state index contributed by atoms with van der Waals surface area (Å²) in [4.78, 5) is 21.6. The van der Waals surface area contributed by atoms with Gasteiger partial charge in [0, 0.05) is 18.8 Å². The van der Waals surface area contributed by atoms with E-state index >= 15 is 0 Å². The van der Waals surface area contributed by atoms with E-state index in [1.54, 1.807) is 6.33 Å². The highest BCUT2D eigenvalue weighted by Crippen LogP contribution is 2.23. The summed E-state index contributed by atoms with van der Waals surface area (Å²) in [5.41, 5.74) is 2.51. The lowest BCUT2D eigenvalue weighted by molar-refractivity contribution is 0.0662. The number of nitrogens with zero attached hydrogens (tertiary/aromatic N) is 2. The lowest BCUT2D eigenvalue weighted by Gasteiger charge is -2.32. The van der Waals surface area contributed by atoms with Gasteiger partial charge in [-0.05, 0) is 56.2 Å². The number of likely N-dealkylation sites (tertiary alicyclic amines) is 1. The number of H-pyrrole nitrogens is 1. The third-order valence-electron chi connectivity index (χ3n) is 4.59. The van der Waals surface area contributed by atoms with Crippen molar-refractivity contribution in [2.45, 2.75) is 32.6 Å². The highest BCUT2D eigenvalue weighted by Gasteiger charge is 2.26. The number of aromatic nitrogens is 2. The second-order valence-electron chi connectivity index (χ2n) is 6.30. The van der Waals surface area contributed by atoms with Gasteiger partial charge in [-0.15, -0.1) is 0 Å². The highest BCUT2D eigenvalue weighted by molar-refractivity contribution is 5.93. The Morgan fingerprint density at radius 2 is 2.17 bits per heavy atom. The van der Waals surface area contributed by atoms with E-state index < -0.39 is 0 Å². The number of hydrogen-bond acceptors (Lipinski definition) is 2. The maximum absolute atomic E-state index is 12.9. The van der Waals surface area contributed by atoms with E-state index in [0.29, 0.717) is 11.6 Å². The van der Waals surface area contributed by atoms with E-state index in [4.69, 9.17) is 0 Å². The minimum absolute atomic E-state index is 0.0234. The summed E-state index contributed by atoms with van der Waals surface area (Å²) >= 11 is 0. The first kappa shape index (κ1) is 15.7. The minimum atomic E-state index is -0.197. The molecule has 1 amide bonds. The quantitative estimate of drug-likeness (QED) is 0.940. The normalized spacial score (nSPS) is 18.2. The summed E-state index contributed by atoms with van der Waals surface area (Å²) in [6, 6.07) is 6.70. The zero-order valence-electron chi connectivity index (χ0n) is 13.4. The molecule has 1 N–H and O–H groups in total. The standard InChI is InChI=1S/C18H22FN3O/c1-13-17(21-12-20-13)18(23)22-10-2-3-15(11-22)5-4-14-6-8-16(19)9-7-14/h6-9,12,15H,2-5,10-11H2,1H3,(H,20,21)/t15-/m1/s1. The molecule has 0 bridgehead atoms. The van der Waals surface area contributed by atoms with E-state index in [2.05, 4.69) is 9.97 Å². The van der Waals surface area contributed by atoms with E-state index in [-0.39, 0.29) is 11.7 Å². The van der Waals surface area contributed by atoms with Crippen molar-refractivity contribution < 1.29 is 9.18 Å². The number of hydrogen-bond donors (Lipinski definition) is 1. The molecule has 1 fully saturated rings. The Bertz CT molecular complexity index is 665. The summed E-state index contributed by atoms with van der Waals surface area (Å²) in [5.74, 6) is 0.324. The van der Waals surface area contributed by atoms with E-state index in [9.17, 15) is 9.18 Å². The Morgan fingerprint density at radius 1 is 1.39 bits per heavy atom. The molecule has 3 rings (SSSR count). The fraction of sp³-hybridized carbons (Fsp3) is 0.444. The van der Waals surface area contributed by atoms with Crippen LogP contribution in [0.4, 0.5) is 4.39 Å². The molecule has 0 aliphatic carbocycles. The molecule has 1 saturated heterocycles. The van der Waals surface area contributed by atoms with E-state index in [1.807, 2.05) is 24.0 Å². The zero-order chi connectivity index (χ0) is 16.2. The SMILES string of the molecule is Cc1[nH]cnc1C(=O)N1CCC[C@H](CCc2ccc(F)cc2)C1. The van der Waals surface area contributed by atoms with Crippen LogP contribution < -0.4 is 0 Å². The van der Waals surface area contributed by atoms with Crippen molar-refractivity contribution in [3.63, 3.8) is 0 Å². The second-order valence-corrected chi connectivity index (χ2v) is 6.30. The molecule has 2 aromatic rings. The van der Waals surface area contributed by atoms with Gasteiger partial charge < -0.3 is 9.88 Å². The van der Waals surface area contributed by atoms with Gasteiger partial charge in [-0.1, -0.05) is 12.1 Å². The largest absolute Gasteiger partial charge is 0.348 e. The molecular weight excluding hydrogens is 293 g/mol. The summed E-state index contributed by atoms with van der Waals surface area (Å²) < 4.78 is 12.9. The van der Waals surface area contributed by atoms with E-state index in [0.717, 1.165) is 50.0 Å². The number of aryl methyl sites for hydroxylation is 2. The first-order chi connectivity index (χ1) is 11.1. The molecule has 0 unspecified atom stereocenters. The van der Waals surface area contributed by atoms with Crippen molar-refractivity contribution in [1.29, 1.82) is 0 Å². The molecule has 4 nitrogen and oxygen atoms in total. The van der Waals surface area contributed by atoms with Crippen molar-refractivity contribution in [2.75, 3.05) is 13.1 Å². The van der Waals surface area contributed by atoms with Gasteiger partial charge >= 0.3 is 0 Å². The van der Waals surface area contributed by atoms with Crippen LogP contribution in [0.15, 0.2) is 30.6 Å². The van der Waals surface area contributed by atoms with Crippen molar-refractivity contribution >= 4 is 5.91 Å². The maximum Gasteiger partial charge on any atom is 0.274 e. The van der Waals surface area contributed by atoms with E-state index in [1.165, 1.54) is 12.1 Å². The minimum Gasteiger partial charge on any atom is -0.348 e. The predicted octanol–water partition coefficient (Wildman–Crippen LogP) is 3.34. The zero-order valence-corrected chi connectivity index (χ0v) is 13.4. The van der Waals surface area contributed by atoms with Crippen LogP contribution in [0.1, 0.15) is 41.0 Å². The van der Waals surface area contributed by atoms with Crippen LogP contribution in [0.25, 0.3) is 0 Å². The summed E-state index contributed by atoms with van der Waals surface area (Å²) in [7, 11) is 0. The first-order valence-electron chi connectivity index (χ1n) is 8.17. The maximum atomic E-state index is 12.9. The van der Waals surface area contributed by atoms with Gasteiger partial charge in [-0.3, -0.25) is 4.79 Å². The molecule has 2 heterocycles. The fourth-order valence-electron chi connectivity index (χ4n) is 3.23. The summed E-state index contributed by atoms with van der Waals surface area (Å²) in [6.45, 7) is 3.46. The Balaban J connectivity index is 1.57. The third-order valence-corrected chi connectivity index (χ3v) is 4.59. The Labute approximate surface area is 135 Å². The van der Waals surface area contributed by atoms with Crippen LogP contribution in [-0.4, -0.2) is 33.9 Å². The Kier molecular flexibility index (Phi) is 4.74. The third kappa shape index (κ3) is 3.78. The van der Waals surface area contributed by atoms with Gasteiger partial charge in [-0.2, -0.15) is 0 Å². The van der Waals surface area contributed by atoms with Crippen molar-refractivity contribution in [3.05, 3.63) is 53.4 Å². The average Bonchev–Trinajstić information content (AvgIpc) is 3.00. The number of amides is 1. The predicted molar refractivity (Wildman–Crippen MR) is 86.7 cm³/mol. The molecule has 1 aliphatic heterocycles. The molecule has 1 atom stereocenters. The summed E-state index contributed by atoms with van der Waals surface area (Å²) in [6.07, 6.45) is 5.69. The number of rotatable bonds is 4. The second kappa shape index (κ2) is 6.94. The topological polar surface area (TPSA) is 49.0 Å². The van der Waals surface area contributed by atoms with Gasteiger partial charge in [0.25, 0.3) is 5.91 Å². The van der Waals surface area contributed by atoms with Crippen LogP contribution in [0.5, 0.6) is 0 Å². The number of carbonyl (C=O) groups is 1. The monoisotopic (exact) mass is 315 g/mol. The highest BCUT2D eigenvalue weighted by atomic mass is 19.1. The van der Waals surface area contributed by atoms with Gasteiger partial charge in [-0.25, -0.2) is 9.37 Å². The summed E-state index contributed by atoms with van der Waals surface area (Å²) in [5, 5.41) is 0. The van der Waals surface area contributed by atoms with Crippen LogP contribution in [0, 0.1) is 18.7 Å².